The van der Waals surface area contributed by atoms with Gasteiger partial charge in [0.15, 0.2) is 0 Å². The van der Waals surface area contributed by atoms with Gasteiger partial charge < -0.3 is 10.5 Å². The molecule has 0 spiro atoms. The van der Waals surface area contributed by atoms with Crippen LogP contribution in [0.3, 0.4) is 0 Å². The monoisotopic (exact) mass is 218 g/mol. The highest BCUT2D eigenvalue weighted by molar-refractivity contribution is 5.36. The predicted molar refractivity (Wildman–Crippen MR) is 60.1 cm³/mol. The van der Waals surface area contributed by atoms with Gasteiger partial charge in [0.05, 0.1) is 0 Å². The number of nitrogens with zero attached hydrogens (tertiary/aromatic N) is 3. The van der Waals surface area contributed by atoms with E-state index in [2.05, 4.69) is 10.1 Å². The number of rotatable bonds is 3. The Morgan fingerprint density at radius 2 is 2.12 bits per heavy atom. The second-order valence-electron chi connectivity index (χ2n) is 3.63. The molecule has 5 nitrogen and oxygen atoms in total. The van der Waals surface area contributed by atoms with E-state index >= 15 is 0 Å². The minimum Gasteiger partial charge on any atom is -0.423 e. The number of hydrogen-bond donors (Lipinski definition) is 1. The first kappa shape index (κ1) is 10.6. The van der Waals surface area contributed by atoms with Gasteiger partial charge in [-0.05, 0) is 13.0 Å². The zero-order valence-corrected chi connectivity index (χ0v) is 9.29. The van der Waals surface area contributed by atoms with Crippen LogP contribution in [0.25, 0.3) is 0 Å². The highest BCUT2D eigenvalue weighted by atomic mass is 16.5. The highest BCUT2D eigenvalue weighted by Gasteiger charge is 2.09. The van der Waals surface area contributed by atoms with Crippen molar-refractivity contribution in [2.45, 2.75) is 13.0 Å². The van der Waals surface area contributed by atoms with Crippen molar-refractivity contribution in [2.24, 2.45) is 12.8 Å². The third-order valence-electron chi connectivity index (χ3n) is 2.19. The van der Waals surface area contributed by atoms with Crippen molar-refractivity contribution in [3.63, 3.8) is 0 Å². The third-order valence-corrected chi connectivity index (χ3v) is 2.19. The molecule has 5 heteroatoms. The van der Waals surface area contributed by atoms with Gasteiger partial charge in [0.1, 0.15) is 12.1 Å². The van der Waals surface area contributed by atoms with E-state index in [0.717, 1.165) is 5.56 Å². The number of para-hydroxylation sites is 1. The van der Waals surface area contributed by atoms with Crippen molar-refractivity contribution in [2.75, 3.05) is 0 Å². The number of ether oxygens (including phenoxy) is 1. The van der Waals surface area contributed by atoms with Crippen LogP contribution in [0.5, 0.6) is 11.8 Å². The number of benzene rings is 1. The second-order valence-corrected chi connectivity index (χ2v) is 3.63. The lowest BCUT2D eigenvalue weighted by Crippen LogP contribution is -2.06. The fourth-order valence-electron chi connectivity index (χ4n) is 1.41. The molecule has 1 atom stereocenters. The van der Waals surface area contributed by atoms with Crippen molar-refractivity contribution in [3.8, 4) is 11.8 Å². The van der Waals surface area contributed by atoms with Crippen LogP contribution in [0, 0.1) is 0 Å². The van der Waals surface area contributed by atoms with Gasteiger partial charge in [-0.2, -0.15) is 4.98 Å². The molecule has 2 aromatic rings. The molecule has 2 rings (SSSR count). The molecule has 1 aromatic carbocycles. The van der Waals surface area contributed by atoms with Gasteiger partial charge in [-0.15, -0.1) is 5.10 Å². The van der Waals surface area contributed by atoms with Crippen LogP contribution in [-0.2, 0) is 7.05 Å². The molecule has 16 heavy (non-hydrogen) atoms. The summed E-state index contributed by atoms with van der Waals surface area (Å²) in [6.45, 7) is 1.91. The van der Waals surface area contributed by atoms with E-state index in [0.29, 0.717) is 11.8 Å². The smallest absolute Gasteiger partial charge is 0.340 e. The summed E-state index contributed by atoms with van der Waals surface area (Å²) in [7, 11) is 1.79. The Bertz CT molecular complexity index is 478. The Morgan fingerprint density at radius 1 is 1.38 bits per heavy atom. The van der Waals surface area contributed by atoms with E-state index in [1.807, 2.05) is 31.2 Å². The molecule has 84 valence electrons. The molecule has 0 aliphatic rings. The molecule has 0 bridgehead atoms. The van der Waals surface area contributed by atoms with Crippen LogP contribution < -0.4 is 10.5 Å². The van der Waals surface area contributed by atoms with Crippen molar-refractivity contribution >= 4 is 0 Å². The fraction of sp³-hybridized carbons (Fsp3) is 0.273. The maximum Gasteiger partial charge on any atom is 0.340 e. The molecule has 0 fully saturated rings. The molecule has 0 radical (unpaired) electrons. The van der Waals surface area contributed by atoms with Crippen LogP contribution in [0.4, 0.5) is 0 Å². The third kappa shape index (κ3) is 2.20. The van der Waals surface area contributed by atoms with Gasteiger partial charge in [0.2, 0.25) is 0 Å². The molecule has 0 aliphatic carbocycles. The zero-order valence-electron chi connectivity index (χ0n) is 9.29. The number of hydrogen-bond acceptors (Lipinski definition) is 4. The Kier molecular flexibility index (Phi) is 2.87. The molecule has 0 amide bonds. The average molecular weight is 218 g/mol. The van der Waals surface area contributed by atoms with Gasteiger partial charge in [-0.25, -0.2) is 0 Å². The minimum atomic E-state index is -0.0834. The van der Waals surface area contributed by atoms with Gasteiger partial charge in [-0.3, -0.25) is 4.68 Å². The first-order chi connectivity index (χ1) is 7.66. The van der Waals surface area contributed by atoms with Crippen molar-refractivity contribution < 1.29 is 4.74 Å². The van der Waals surface area contributed by atoms with Gasteiger partial charge in [-0.1, -0.05) is 18.2 Å². The Hall–Kier alpha value is -1.88. The topological polar surface area (TPSA) is 66.0 Å². The highest BCUT2D eigenvalue weighted by Crippen LogP contribution is 2.26. The van der Waals surface area contributed by atoms with Crippen molar-refractivity contribution in [1.29, 1.82) is 0 Å². The Balaban J connectivity index is 2.27. The van der Waals surface area contributed by atoms with E-state index in [1.165, 1.54) is 0 Å². The Labute approximate surface area is 93.9 Å². The number of nitrogens with two attached hydrogens (primary N) is 1. The first-order valence-corrected chi connectivity index (χ1v) is 5.05. The van der Waals surface area contributed by atoms with Crippen LogP contribution in [0.1, 0.15) is 18.5 Å². The zero-order chi connectivity index (χ0) is 11.5. The number of aromatic nitrogens is 3. The van der Waals surface area contributed by atoms with Gasteiger partial charge in [0.25, 0.3) is 0 Å². The molecule has 0 saturated carbocycles. The molecule has 1 heterocycles. The first-order valence-electron chi connectivity index (χ1n) is 5.05. The molecule has 0 saturated heterocycles. The SMILES string of the molecule is C[C@@H](N)c1ccccc1Oc1ncn(C)n1. The maximum absolute atomic E-state index is 5.85. The molecule has 0 aliphatic heterocycles. The maximum atomic E-state index is 5.85. The summed E-state index contributed by atoms with van der Waals surface area (Å²) in [5.74, 6) is 0.698. The van der Waals surface area contributed by atoms with Gasteiger partial charge >= 0.3 is 6.01 Å². The quantitative estimate of drug-likeness (QED) is 0.850. The summed E-state index contributed by atoms with van der Waals surface area (Å²) >= 11 is 0. The summed E-state index contributed by atoms with van der Waals surface area (Å²) < 4.78 is 7.16. The lowest BCUT2D eigenvalue weighted by molar-refractivity contribution is 0.431. The molecule has 0 unspecified atom stereocenters. The van der Waals surface area contributed by atoms with Crippen molar-refractivity contribution in [3.05, 3.63) is 36.2 Å². The van der Waals surface area contributed by atoms with Crippen LogP contribution >= 0.6 is 0 Å². The van der Waals surface area contributed by atoms with E-state index in [4.69, 9.17) is 10.5 Å². The van der Waals surface area contributed by atoms with Crippen LogP contribution in [0.2, 0.25) is 0 Å². The lowest BCUT2D eigenvalue weighted by atomic mass is 10.1. The standard InChI is InChI=1S/C11H14N4O/c1-8(12)9-5-3-4-6-10(9)16-11-13-7-15(2)14-11/h3-8H,12H2,1-2H3/t8-/m1/s1. The Morgan fingerprint density at radius 3 is 2.75 bits per heavy atom. The summed E-state index contributed by atoms with van der Waals surface area (Å²) in [6, 6.07) is 7.86. The number of aryl methyl sites for hydroxylation is 1. The van der Waals surface area contributed by atoms with E-state index in [1.54, 1.807) is 18.1 Å². The van der Waals surface area contributed by atoms with E-state index in [-0.39, 0.29) is 6.04 Å². The summed E-state index contributed by atoms with van der Waals surface area (Å²) in [5.41, 5.74) is 6.79. The van der Waals surface area contributed by atoms with E-state index in [9.17, 15) is 0 Å². The van der Waals surface area contributed by atoms with Crippen LogP contribution in [-0.4, -0.2) is 14.8 Å². The predicted octanol–water partition coefficient (Wildman–Crippen LogP) is 1.63. The molecular weight excluding hydrogens is 204 g/mol. The van der Waals surface area contributed by atoms with Crippen molar-refractivity contribution in [1.82, 2.24) is 14.8 Å². The summed E-state index contributed by atoms with van der Waals surface area (Å²) in [6.07, 6.45) is 1.59. The summed E-state index contributed by atoms with van der Waals surface area (Å²) in [5, 5.41) is 4.05. The molecule has 2 N–H and O–H groups in total. The molecule has 1 aromatic heterocycles. The van der Waals surface area contributed by atoms with E-state index < -0.39 is 0 Å². The van der Waals surface area contributed by atoms with Gasteiger partial charge in [0, 0.05) is 18.7 Å². The minimum absolute atomic E-state index is 0.0834. The normalized spacial score (nSPS) is 12.4. The molecular formula is C11H14N4O. The average Bonchev–Trinajstić information content (AvgIpc) is 2.64. The fourth-order valence-corrected chi connectivity index (χ4v) is 1.41. The second kappa shape index (κ2) is 4.32. The summed E-state index contributed by atoms with van der Waals surface area (Å²) in [4.78, 5) is 4.00. The lowest BCUT2D eigenvalue weighted by Gasteiger charge is -2.10. The van der Waals surface area contributed by atoms with Crippen LogP contribution in [0.15, 0.2) is 30.6 Å². The largest absolute Gasteiger partial charge is 0.423 e.